The van der Waals surface area contributed by atoms with Crippen molar-refractivity contribution in [3.05, 3.63) is 89.0 Å². The van der Waals surface area contributed by atoms with Crippen LogP contribution in [0.2, 0.25) is 0 Å². The van der Waals surface area contributed by atoms with Crippen LogP contribution in [0.5, 0.6) is 0 Å². The molecule has 5 rings (SSSR count). The first-order valence-corrected chi connectivity index (χ1v) is 11.5. The summed E-state index contributed by atoms with van der Waals surface area (Å²) in [4.78, 5) is 4.00. The van der Waals surface area contributed by atoms with Gasteiger partial charge < -0.3 is 10.1 Å². The van der Waals surface area contributed by atoms with Crippen molar-refractivity contribution in [2.75, 3.05) is 4.72 Å². The molecule has 2 aliphatic rings. The maximum Gasteiger partial charge on any atom is 0.290 e. The number of anilines is 1. The van der Waals surface area contributed by atoms with E-state index in [1.807, 2.05) is 12.1 Å². The van der Waals surface area contributed by atoms with Gasteiger partial charge >= 0.3 is 0 Å². The van der Waals surface area contributed by atoms with Crippen LogP contribution in [0.15, 0.2) is 70.6 Å². The monoisotopic (exact) mass is 455 g/mol. The molecule has 0 spiro atoms. The molecule has 9 heteroatoms. The number of ether oxygens (including phenoxy) is 1. The molecule has 1 heterocycles. The van der Waals surface area contributed by atoms with Crippen molar-refractivity contribution in [1.29, 1.82) is 0 Å². The number of sulfonamides is 1. The molecular weight excluding hydrogens is 436 g/mol. The van der Waals surface area contributed by atoms with Crippen LogP contribution in [0, 0.1) is 11.6 Å². The second-order valence-electron chi connectivity index (χ2n) is 7.65. The lowest BCUT2D eigenvalue weighted by Gasteiger charge is -2.23. The van der Waals surface area contributed by atoms with E-state index in [4.69, 9.17) is 4.74 Å². The van der Waals surface area contributed by atoms with Crippen molar-refractivity contribution in [3.63, 3.8) is 0 Å². The van der Waals surface area contributed by atoms with Crippen LogP contribution in [-0.4, -0.2) is 14.4 Å². The zero-order chi connectivity index (χ0) is 22.3. The van der Waals surface area contributed by atoms with Crippen LogP contribution in [-0.2, 0) is 27.8 Å². The van der Waals surface area contributed by atoms with Crippen molar-refractivity contribution < 1.29 is 21.9 Å². The lowest BCUT2D eigenvalue weighted by molar-refractivity contribution is 0.266. The molecule has 164 valence electrons. The molecule has 0 aromatic heterocycles. The standard InChI is InChI=1S/C23H19F2N3O3S/c24-15-10-16(25)12-17(11-15)32(29,30)28-22-7-3-6-20-19(22)13-31-23(26-20)27-21-9-8-14-4-1-2-5-18(14)21/h1-7,10-12,21,28H,8-9,13H2,(H,26,27)/t21-/m1/s1. The Kier molecular flexibility index (Phi) is 5.05. The summed E-state index contributed by atoms with van der Waals surface area (Å²) in [6.07, 6.45) is 1.91. The number of nitrogens with one attached hydrogen (secondary N) is 2. The van der Waals surface area contributed by atoms with Crippen molar-refractivity contribution in [3.8, 4) is 0 Å². The Balaban J connectivity index is 1.39. The minimum absolute atomic E-state index is 0.0890. The Labute approximate surface area is 184 Å². The molecule has 0 bridgehead atoms. The number of aliphatic imine (C=N–C) groups is 1. The van der Waals surface area contributed by atoms with Gasteiger partial charge in [0.15, 0.2) is 0 Å². The van der Waals surface area contributed by atoms with Gasteiger partial charge in [-0.2, -0.15) is 4.99 Å². The number of halogens is 2. The fourth-order valence-corrected chi connectivity index (χ4v) is 5.16. The Morgan fingerprint density at radius 2 is 1.78 bits per heavy atom. The largest absolute Gasteiger partial charge is 0.460 e. The third-order valence-corrected chi connectivity index (χ3v) is 6.89. The molecule has 0 fully saturated rings. The zero-order valence-corrected chi connectivity index (χ0v) is 17.6. The Bertz CT molecular complexity index is 1320. The van der Waals surface area contributed by atoms with E-state index in [2.05, 4.69) is 27.2 Å². The fraction of sp³-hybridized carbons (Fsp3) is 0.174. The number of aryl methyl sites for hydroxylation is 1. The van der Waals surface area contributed by atoms with E-state index < -0.39 is 26.6 Å². The number of amidine groups is 1. The molecule has 6 nitrogen and oxygen atoms in total. The van der Waals surface area contributed by atoms with Gasteiger partial charge in [-0.1, -0.05) is 30.3 Å². The number of rotatable bonds is 4. The molecule has 1 aliphatic carbocycles. The number of fused-ring (bicyclic) bond motifs is 2. The van der Waals surface area contributed by atoms with Crippen LogP contribution in [0.3, 0.4) is 0 Å². The van der Waals surface area contributed by atoms with Gasteiger partial charge in [-0.3, -0.25) is 4.72 Å². The number of hydrogen-bond acceptors (Lipinski definition) is 5. The van der Waals surface area contributed by atoms with Crippen LogP contribution < -0.4 is 10.0 Å². The Morgan fingerprint density at radius 1 is 1.00 bits per heavy atom. The van der Waals surface area contributed by atoms with Crippen LogP contribution in [0.1, 0.15) is 29.2 Å². The molecule has 2 N–H and O–H groups in total. The third kappa shape index (κ3) is 3.91. The van der Waals surface area contributed by atoms with E-state index in [1.54, 1.807) is 18.2 Å². The molecule has 3 aromatic carbocycles. The van der Waals surface area contributed by atoms with Gasteiger partial charge in [0.25, 0.3) is 16.0 Å². The molecule has 3 aromatic rings. The van der Waals surface area contributed by atoms with Crippen LogP contribution in [0.25, 0.3) is 0 Å². The van der Waals surface area contributed by atoms with Gasteiger partial charge in [0.1, 0.15) is 18.2 Å². The predicted molar refractivity (Wildman–Crippen MR) is 116 cm³/mol. The summed E-state index contributed by atoms with van der Waals surface area (Å²) >= 11 is 0. The lowest BCUT2D eigenvalue weighted by Crippen LogP contribution is -2.31. The molecule has 0 radical (unpaired) electrons. The number of nitrogens with zero attached hydrogens (tertiary/aromatic N) is 1. The van der Waals surface area contributed by atoms with Crippen molar-refractivity contribution in [2.45, 2.75) is 30.4 Å². The second kappa shape index (κ2) is 7.90. The van der Waals surface area contributed by atoms with Crippen molar-refractivity contribution in [2.24, 2.45) is 4.99 Å². The Morgan fingerprint density at radius 3 is 2.59 bits per heavy atom. The van der Waals surface area contributed by atoms with Gasteiger partial charge in [-0.15, -0.1) is 0 Å². The maximum atomic E-state index is 13.5. The van der Waals surface area contributed by atoms with Gasteiger partial charge in [-0.25, -0.2) is 17.2 Å². The molecular formula is C23H19F2N3O3S. The van der Waals surface area contributed by atoms with Crippen LogP contribution >= 0.6 is 0 Å². The molecule has 1 atom stereocenters. The first-order valence-electron chi connectivity index (χ1n) is 10.1. The molecule has 1 aliphatic heterocycles. The molecule has 0 unspecified atom stereocenters. The van der Waals surface area contributed by atoms with Gasteiger partial charge in [0.2, 0.25) is 0 Å². The molecule has 0 saturated carbocycles. The van der Waals surface area contributed by atoms with E-state index in [0.29, 0.717) is 23.3 Å². The highest BCUT2D eigenvalue weighted by Crippen LogP contribution is 2.34. The summed E-state index contributed by atoms with van der Waals surface area (Å²) in [6.45, 7) is 0.0890. The third-order valence-electron chi connectivity index (χ3n) is 5.55. The van der Waals surface area contributed by atoms with E-state index in [9.17, 15) is 17.2 Å². The SMILES string of the molecule is O=S(=O)(Nc1cccc2c1COC(N[C@@H]1CCc3ccccc31)=N2)c1cc(F)cc(F)c1. The average Bonchev–Trinajstić information content (AvgIpc) is 3.16. The quantitative estimate of drug-likeness (QED) is 0.605. The highest BCUT2D eigenvalue weighted by molar-refractivity contribution is 7.92. The smallest absolute Gasteiger partial charge is 0.290 e. The first-order chi connectivity index (χ1) is 15.4. The number of hydrogen-bond donors (Lipinski definition) is 2. The summed E-state index contributed by atoms with van der Waals surface area (Å²) < 4.78 is 60.5. The Hall–Kier alpha value is -3.46. The summed E-state index contributed by atoms with van der Waals surface area (Å²) in [6, 6.07) is 15.8. The molecule has 32 heavy (non-hydrogen) atoms. The first kappa shape index (κ1) is 20.4. The minimum Gasteiger partial charge on any atom is -0.460 e. The van der Waals surface area contributed by atoms with Gasteiger partial charge in [-0.05, 0) is 48.2 Å². The molecule has 0 amide bonds. The number of benzene rings is 3. The van der Waals surface area contributed by atoms with E-state index >= 15 is 0 Å². The van der Waals surface area contributed by atoms with Gasteiger partial charge in [0.05, 0.1) is 22.3 Å². The highest BCUT2D eigenvalue weighted by Gasteiger charge is 2.26. The van der Waals surface area contributed by atoms with Crippen LogP contribution in [0.4, 0.5) is 20.2 Å². The zero-order valence-electron chi connectivity index (χ0n) is 16.8. The van der Waals surface area contributed by atoms with E-state index in [0.717, 1.165) is 25.0 Å². The summed E-state index contributed by atoms with van der Waals surface area (Å²) in [5.41, 5.74) is 3.84. The summed E-state index contributed by atoms with van der Waals surface area (Å²) in [5.74, 6) is -1.95. The fourth-order valence-electron chi connectivity index (χ4n) is 4.03. The van der Waals surface area contributed by atoms with E-state index in [1.165, 1.54) is 11.1 Å². The average molecular weight is 455 g/mol. The predicted octanol–water partition coefficient (Wildman–Crippen LogP) is 4.56. The molecule has 0 saturated heterocycles. The summed E-state index contributed by atoms with van der Waals surface area (Å²) in [5, 5.41) is 3.33. The van der Waals surface area contributed by atoms with Crippen molar-refractivity contribution in [1.82, 2.24) is 5.32 Å². The normalized spacial score (nSPS) is 17.1. The maximum absolute atomic E-state index is 13.5. The highest BCUT2D eigenvalue weighted by atomic mass is 32.2. The lowest BCUT2D eigenvalue weighted by atomic mass is 10.1. The van der Waals surface area contributed by atoms with E-state index in [-0.39, 0.29) is 18.3 Å². The second-order valence-corrected chi connectivity index (χ2v) is 9.34. The minimum atomic E-state index is -4.21. The van der Waals surface area contributed by atoms with Crippen molar-refractivity contribution >= 4 is 27.4 Å². The topological polar surface area (TPSA) is 79.8 Å². The summed E-state index contributed by atoms with van der Waals surface area (Å²) in [7, 11) is -4.21. The van der Waals surface area contributed by atoms with Gasteiger partial charge in [0, 0.05) is 11.6 Å².